The number of nitrogens with zero attached hydrogens (tertiary/aromatic N) is 1. The minimum Gasteiger partial charge on any atom is -0.355 e. The Morgan fingerprint density at radius 1 is 0.357 bits per heavy atom. The van der Waals surface area contributed by atoms with Crippen molar-refractivity contribution in [2.24, 2.45) is 5.73 Å². The normalized spacial score (nSPS) is 11.5. The van der Waals surface area contributed by atoms with Crippen LogP contribution >= 0.6 is 0 Å². The molecule has 6 aromatic carbocycles. The van der Waals surface area contributed by atoms with E-state index in [0.717, 1.165) is 31.1 Å². The summed E-state index contributed by atoms with van der Waals surface area (Å²) in [5.74, 6) is 0. The third-order valence-electron chi connectivity index (χ3n) is 8.04. The van der Waals surface area contributed by atoms with Crippen molar-refractivity contribution in [1.82, 2.24) is 4.23 Å². The highest BCUT2D eigenvalue weighted by Gasteiger charge is 2.59. The van der Waals surface area contributed by atoms with Gasteiger partial charge in [0.2, 0.25) is 16.5 Å². The van der Waals surface area contributed by atoms with Crippen LogP contribution in [0.3, 0.4) is 0 Å². The van der Waals surface area contributed by atoms with E-state index >= 15 is 0 Å². The Kier molecular flexibility index (Phi) is 7.69. The van der Waals surface area contributed by atoms with Crippen LogP contribution in [0.15, 0.2) is 182 Å². The summed E-state index contributed by atoms with van der Waals surface area (Å²) in [6.07, 6.45) is 0. The molecule has 0 saturated heterocycles. The zero-order valence-electron chi connectivity index (χ0n) is 23.3. The average Bonchev–Trinajstić information content (AvgIpc) is 3.07. The fraction of sp³-hybridized carbons (Fsp3) is 0. The van der Waals surface area contributed by atoms with E-state index in [1.807, 2.05) is 36.4 Å². The Bertz CT molecular complexity index is 1420. The highest BCUT2D eigenvalue weighted by Crippen LogP contribution is 2.23. The van der Waals surface area contributed by atoms with Gasteiger partial charge in [0, 0.05) is 0 Å². The Morgan fingerprint density at radius 3 is 0.667 bits per heavy atom. The molecule has 6 rings (SSSR count). The summed E-state index contributed by atoms with van der Waals surface area (Å²) in [4.78, 5) is 14.7. The second-order valence-electron chi connectivity index (χ2n) is 10.3. The Balaban J connectivity index is 1.88. The van der Waals surface area contributed by atoms with Gasteiger partial charge in [-0.1, -0.05) is 182 Å². The highest BCUT2D eigenvalue weighted by molar-refractivity contribution is 7.24. The van der Waals surface area contributed by atoms with Gasteiger partial charge in [-0.2, -0.15) is 0 Å². The van der Waals surface area contributed by atoms with Gasteiger partial charge in [0.1, 0.15) is 0 Å². The van der Waals surface area contributed by atoms with E-state index in [1.54, 1.807) is 0 Å². The molecule has 2 N–H and O–H groups in total. The Hall–Kier alpha value is -4.98. The number of nitrogens with two attached hydrogens (primary N) is 1. The fourth-order valence-corrected chi connectivity index (χ4v) is 19.0. The molecule has 0 fully saturated rings. The van der Waals surface area contributed by atoms with Crippen LogP contribution in [0.5, 0.6) is 0 Å². The Morgan fingerprint density at radius 2 is 0.524 bits per heavy atom. The molecule has 0 unspecified atom stereocenters. The molecular formula is C37H32N2OSi2. The van der Waals surface area contributed by atoms with Gasteiger partial charge in [0.25, 0.3) is 6.03 Å². The van der Waals surface area contributed by atoms with Crippen LogP contribution in [0.4, 0.5) is 4.79 Å². The minimum atomic E-state index is -3.38. The lowest BCUT2D eigenvalue weighted by Crippen LogP contribution is -2.92. The maximum absolute atomic E-state index is 14.7. The second-order valence-corrected chi connectivity index (χ2v) is 17.9. The van der Waals surface area contributed by atoms with Gasteiger partial charge >= 0.3 is 0 Å². The van der Waals surface area contributed by atoms with Crippen LogP contribution in [0.25, 0.3) is 0 Å². The number of carbonyl (C=O) groups excluding carboxylic acids is 1. The molecule has 6 aromatic rings. The van der Waals surface area contributed by atoms with Gasteiger partial charge < -0.3 is 9.96 Å². The third kappa shape index (κ3) is 4.49. The number of urea groups is 1. The summed E-state index contributed by atoms with van der Waals surface area (Å²) in [7, 11) is -6.76. The van der Waals surface area contributed by atoms with Crippen molar-refractivity contribution >= 4 is 53.6 Å². The first-order valence-corrected chi connectivity index (χ1v) is 18.0. The van der Waals surface area contributed by atoms with E-state index in [2.05, 4.69) is 150 Å². The standard InChI is InChI=1S/C37H32N2OSi2/c38-37(40)39(41(31-19-7-1-8-20-31,32-21-9-2-10-22-32)33-23-11-3-12-24-33)42(34-25-13-4-14-26-34,35-27-15-5-16-28-35)36-29-17-6-18-30-36/h1-30H,(H2,38,40). The van der Waals surface area contributed by atoms with Gasteiger partial charge in [-0.3, -0.25) is 4.79 Å². The molecule has 0 aliphatic heterocycles. The summed E-state index contributed by atoms with van der Waals surface area (Å²) >= 11 is 0. The van der Waals surface area contributed by atoms with Gasteiger partial charge in [-0.15, -0.1) is 0 Å². The molecule has 0 aliphatic carbocycles. The smallest absolute Gasteiger partial charge is 0.300 e. The molecule has 5 heteroatoms. The quantitative estimate of drug-likeness (QED) is 0.218. The fourth-order valence-electron chi connectivity index (χ4n) is 6.43. The summed E-state index contributed by atoms with van der Waals surface area (Å²) in [5, 5.41) is 6.59. The summed E-state index contributed by atoms with van der Waals surface area (Å²) in [6.45, 7) is 0. The molecule has 2 amide bonds. The maximum atomic E-state index is 14.7. The average molecular weight is 577 g/mol. The largest absolute Gasteiger partial charge is 0.355 e. The lowest BCUT2D eigenvalue weighted by Gasteiger charge is -2.53. The van der Waals surface area contributed by atoms with Gasteiger partial charge in [-0.05, 0) is 31.1 Å². The molecule has 0 bridgehead atoms. The van der Waals surface area contributed by atoms with Crippen LogP contribution < -0.4 is 36.9 Å². The number of primary amides is 1. The minimum absolute atomic E-state index is 0.429. The summed E-state index contributed by atoms with van der Waals surface area (Å²) < 4.78 is 2.18. The predicted molar refractivity (Wildman–Crippen MR) is 179 cm³/mol. The molecule has 204 valence electrons. The van der Waals surface area contributed by atoms with Crippen LogP contribution in [0, 0.1) is 0 Å². The van der Waals surface area contributed by atoms with E-state index in [4.69, 9.17) is 5.73 Å². The molecule has 0 spiro atoms. The van der Waals surface area contributed by atoms with Crippen molar-refractivity contribution in [3.8, 4) is 0 Å². The number of hydrogen-bond donors (Lipinski definition) is 1. The summed E-state index contributed by atoms with van der Waals surface area (Å²) in [6, 6.07) is 62.6. The predicted octanol–water partition coefficient (Wildman–Crippen LogP) is 3.70. The van der Waals surface area contributed by atoms with Crippen molar-refractivity contribution in [3.63, 3.8) is 0 Å². The molecule has 42 heavy (non-hydrogen) atoms. The van der Waals surface area contributed by atoms with Gasteiger partial charge in [0.15, 0.2) is 0 Å². The van der Waals surface area contributed by atoms with Gasteiger partial charge in [-0.25, -0.2) is 0 Å². The van der Waals surface area contributed by atoms with Crippen LogP contribution in [-0.4, -0.2) is 26.7 Å². The number of rotatable bonds is 8. The third-order valence-corrected chi connectivity index (χ3v) is 18.8. The van der Waals surface area contributed by atoms with Gasteiger partial charge in [0.05, 0.1) is 0 Å². The first-order chi connectivity index (χ1) is 20.7. The zero-order chi connectivity index (χ0) is 28.8. The topological polar surface area (TPSA) is 46.3 Å². The van der Waals surface area contributed by atoms with Crippen molar-refractivity contribution < 1.29 is 4.79 Å². The lowest BCUT2D eigenvalue weighted by atomic mass is 10.3. The number of amides is 2. The molecule has 0 saturated carbocycles. The van der Waals surface area contributed by atoms with Crippen LogP contribution in [0.2, 0.25) is 0 Å². The maximum Gasteiger partial charge on any atom is 0.300 e. The van der Waals surface area contributed by atoms with Crippen LogP contribution in [-0.2, 0) is 0 Å². The van der Waals surface area contributed by atoms with Crippen molar-refractivity contribution in [3.05, 3.63) is 182 Å². The van der Waals surface area contributed by atoms with Crippen molar-refractivity contribution in [2.45, 2.75) is 0 Å². The van der Waals surface area contributed by atoms with E-state index in [1.165, 1.54) is 0 Å². The first kappa shape index (κ1) is 27.2. The number of hydrogen-bond acceptors (Lipinski definition) is 1. The van der Waals surface area contributed by atoms with E-state index in [-0.39, 0.29) is 0 Å². The SMILES string of the molecule is NC(=O)N([Si](c1ccccc1)(c1ccccc1)c1ccccc1)[Si](c1ccccc1)(c1ccccc1)c1ccccc1. The molecular weight excluding hydrogens is 545 g/mol. The van der Waals surface area contributed by atoms with E-state index in [0.29, 0.717) is 0 Å². The van der Waals surface area contributed by atoms with Crippen molar-refractivity contribution in [1.29, 1.82) is 0 Å². The second kappa shape index (κ2) is 11.9. The molecule has 3 nitrogen and oxygen atoms in total. The molecule has 0 aromatic heterocycles. The zero-order valence-corrected chi connectivity index (χ0v) is 25.3. The molecule has 0 radical (unpaired) electrons. The molecule has 0 heterocycles. The summed E-state index contributed by atoms with van der Waals surface area (Å²) in [5.41, 5.74) is 6.79. The Labute approximate surface area is 249 Å². The monoisotopic (exact) mass is 576 g/mol. The highest BCUT2D eigenvalue weighted by atomic mass is 28.4. The first-order valence-electron chi connectivity index (χ1n) is 14.1. The molecule has 0 atom stereocenters. The number of benzene rings is 6. The number of carbonyl (C=O) groups is 1. The molecule has 0 aliphatic rings. The van der Waals surface area contributed by atoms with E-state index in [9.17, 15) is 4.79 Å². The van der Waals surface area contributed by atoms with Crippen molar-refractivity contribution in [2.75, 3.05) is 0 Å². The lowest BCUT2D eigenvalue weighted by molar-refractivity contribution is 0.243. The van der Waals surface area contributed by atoms with Crippen LogP contribution in [0.1, 0.15) is 0 Å². The van der Waals surface area contributed by atoms with E-state index < -0.39 is 22.5 Å².